The molecule has 0 saturated carbocycles. The van der Waals surface area contributed by atoms with Crippen molar-refractivity contribution in [2.24, 2.45) is 11.7 Å². The average Bonchev–Trinajstić information content (AvgIpc) is 2.44. The molecule has 1 atom stereocenters. The van der Waals surface area contributed by atoms with Gasteiger partial charge in [-0.3, -0.25) is 4.79 Å². The second-order valence-electron chi connectivity index (χ2n) is 4.21. The van der Waals surface area contributed by atoms with Crippen LogP contribution >= 0.6 is 12.4 Å². The standard InChI is InChI=1S/C13H18F2N2O3.ClH/c1-8(6-16)12(18)17-7-9-5-10(19-2)3-4-11(9)20-13(14)15;/h3-5,8,13H,6-7,16H2,1-2H3,(H,17,18);1H. The Labute approximate surface area is 128 Å². The number of carbonyl (C=O) groups is 1. The molecule has 0 bridgehead atoms. The van der Waals surface area contributed by atoms with Gasteiger partial charge in [0.25, 0.3) is 0 Å². The van der Waals surface area contributed by atoms with E-state index in [2.05, 4.69) is 10.1 Å². The van der Waals surface area contributed by atoms with Crippen molar-refractivity contribution in [2.75, 3.05) is 13.7 Å². The lowest BCUT2D eigenvalue weighted by atomic mass is 10.1. The molecule has 0 fully saturated rings. The summed E-state index contributed by atoms with van der Waals surface area (Å²) in [6, 6.07) is 4.41. The summed E-state index contributed by atoms with van der Waals surface area (Å²) in [5.74, 6) is -0.109. The summed E-state index contributed by atoms with van der Waals surface area (Å²) >= 11 is 0. The number of amides is 1. The van der Waals surface area contributed by atoms with Crippen LogP contribution in [0.2, 0.25) is 0 Å². The fourth-order valence-electron chi connectivity index (χ4n) is 1.50. The van der Waals surface area contributed by atoms with Crippen molar-refractivity contribution in [3.05, 3.63) is 23.8 Å². The van der Waals surface area contributed by atoms with Crippen LogP contribution in [0.15, 0.2) is 18.2 Å². The third-order valence-electron chi connectivity index (χ3n) is 2.74. The molecule has 0 aliphatic rings. The van der Waals surface area contributed by atoms with E-state index in [9.17, 15) is 13.6 Å². The maximum atomic E-state index is 12.3. The molecule has 0 radical (unpaired) electrons. The topological polar surface area (TPSA) is 73.6 Å². The molecule has 0 heterocycles. The Kier molecular flexibility index (Phi) is 8.64. The molecule has 0 saturated heterocycles. The van der Waals surface area contributed by atoms with E-state index < -0.39 is 6.61 Å². The number of alkyl halides is 2. The Bertz CT molecular complexity index is 461. The molecule has 0 spiro atoms. The van der Waals surface area contributed by atoms with Gasteiger partial charge in [0, 0.05) is 24.6 Å². The van der Waals surface area contributed by atoms with Crippen molar-refractivity contribution in [1.82, 2.24) is 5.32 Å². The van der Waals surface area contributed by atoms with Crippen molar-refractivity contribution in [1.29, 1.82) is 0 Å². The number of hydrogen-bond acceptors (Lipinski definition) is 4. The normalized spacial score (nSPS) is 11.5. The van der Waals surface area contributed by atoms with Crippen LogP contribution in [0.1, 0.15) is 12.5 Å². The minimum atomic E-state index is -2.93. The zero-order valence-electron chi connectivity index (χ0n) is 11.8. The van der Waals surface area contributed by atoms with E-state index in [1.54, 1.807) is 6.92 Å². The molecule has 0 aromatic heterocycles. The van der Waals surface area contributed by atoms with Crippen LogP contribution in [-0.2, 0) is 11.3 Å². The van der Waals surface area contributed by atoms with Gasteiger partial charge in [-0.1, -0.05) is 6.92 Å². The predicted molar refractivity (Wildman–Crippen MR) is 76.9 cm³/mol. The fourth-order valence-corrected chi connectivity index (χ4v) is 1.50. The molecule has 120 valence electrons. The minimum Gasteiger partial charge on any atom is -0.497 e. The number of methoxy groups -OCH3 is 1. The van der Waals surface area contributed by atoms with Crippen molar-refractivity contribution in [2.45, 2.75) is 20.1 Å². The number of nitrogens with two attached hydrogens (primary N) is 1. The summed E-state index contributed by atoms with van der Waals surface area (Å²) in [5, 5.41) is 2.62. The predicted octanol–water partition coefficient (Wildman–Crippen LogP) is 1.93. The van der Waals surface area contributed by atoms with E-state index in [-0.39, 0.29) is 43.1 Å². The quantitative estimate of drug-likeness (QED) is 0.804. The van der Waals surface area contributed by atoms with Crippen molar-refractivity contribution in [3.8, 4) is 11.5 Å². The first-order valence-electron chi connectivity index (χ1n) is 6.07. The summed E-state index contributed by atoms with van der Waals surface area (Å²) in [5.41, 5.74) is 5.78. The highest BCUT2D eigenvalue weighted by Gasteiger charge is 2.14. The maximum absolute atomic E-state index is 12.3. The van der Waals surface area contributed by atoms with Crippen molar-refractivity contribution >= 4 is 18.3 Å². The van der Waals surface area contributed by atoms with E-state index >= 15 is 0 Å². The van der Waals surface area contributed by atoms with Crippen LogP contribution in [0.25, 0.3) is 0 Å². The molecule has 21 heavy (non-hydrogen) atoms. The highest BCUT2D eigenvalue weighted by atomic mass is 35.5. The molecule has 1 rings (SSSR count). The first-order valence-corrected chi connectivity index (χ1v) is 6.07. The Morgan fingerprint density at radius 1 is 1.43 bits per heavy atom. The van der Waals surface area contributed by atoms with Gasteiger partial charge in [-0.25, -0.2) is 0 Å². The first kappa shape index (κ1) is 19.4. The second kappa shape index (κ2) is 9.36. The fraction of sp³-hybridized carbons (Fsp3) is 0.462. The average molecular weight is 325 g/mol. The van der Waals surface area contributed by atoms with Crippen LogP contribution in [0.5, 0.6) is 11.5 Å². The maximum Gasteiger partial charge on any atom is 0.387 e. The van der Waals surface area contributed by atoms with Crippen molar-refractivity contribution < 1.29 is 23.0 Å². The van der Waals surface area contributed by atoms with Crippen LogP contribution in [0, 0.1) is 5.92 Å². The lowest BCUT2D eigenvalue weighted by Gasteiger charge is -2.14. The minimum absolute atomic E-state index is 0. The highest BCUT2D eigenvalue weighted by molar-refractivity contribution is 5.85. The summed E-state index contributed by atoms with van der Waals surface area (Å²) < 4.78 is 34.0. The summed E-state index contributed by atoms with van der Waals surface area (Å²) in [4.78, 5) is 11.6. The molecule has 3 N–H and O–H groups in total. The van der Waals surface area contributed by atoms with Gasteiger partial charge in [0.15, 0.2) is 0 Å². The Morgan fingerprint density at radius 3 is 2.62 bits per heavy atom. The summed E-state index contributed by atoms with van der Waals surface area (Å²) in [6.07, 6.45) is 0. The molecule has 1 aromatic carbocycles. The molecular weight excluding hydrogens is 306 g/mol. The number of benzene rings is 1. The van der Waals surface area contributed by atoms with E-state index in [4.69, 9.17) is 10.5 Å². The van der Waals surface area contributed by atoms with E-state index in [0.717, 1.165) is 0 Å². The molecule has 5 nitrogen and oxygen atoms in total. The second-order valence-corrected chi connectivity index (χ2v) is 4.21. The van der Waals surface area contributed by atoms with Gasteiger partial charge < -0.3 is 20.5 Å². The van der Waals surface area contributed by atoms with Gasteiger partial charge in [0.1, 0.15) is 11.5 Å². The largest absolute Gasteiger partial charge is 0.497 e. The third-order valence-corrected chi connectivity index (χ3v) is 2.74. The SMILES string of the molecule is COc1ccc(OC(F)F)c(CNC(=O)C(C)CN)c1.Cl. The van der Waals surface area contributed by atoms with Crippen LogP contribution in [-0.4, -0.2) is 26.2 Å². The van der Waals surface area contributed by atoms with Gasteiger partial charge in [-0.05, 0) is 18.2 Å². The number of rotatable bonds is 7. The zero-order valence-corrected chi connectivity index (χ0v) is 12.6. The number of carbonyl (C=O) groups excluding carboxylic acids is 1. The zero-order chi connectivity index (χ0) is 15.1. The molecule has 1 unspecified atom stereocenters. The van der Waals surface area contributed by atoms with Crippen LogP contribution < -0.4 is 20.5 Å². The lowest BCUT2D eigenvalue weighted by molar-refractivity contribution is -0.124. The molecule has 0 aliphatic heterocycles. The van der Waals surface area contributed by atoms with Crippen LogP contribution in [0.3, 0.4) is 0 Å². The number of ether oxygens (including phenoxy) is 2. The van der Waals surface area contributed by atoms with Gasteiger partial charge in [0.2, 0.25) is 5.91 Å². The third kappa shape index (κ3) is 6.14. The molecule has 0 aliphatic carbocycles. The highest BCUT2D eigenvalue weighted by Crippen LogP contribution is 2.25. The number of nitrogens with one attached hydrogen (secondary N) is 1. The first-order chi connectivity index (χ1) is 9.47. The van der Waals surface area contributed by atoms with E-state index in [1.165, 1.54) is 25.3 Å². The monoisotopic (exact) mass is 324 g/mol. The number of halogens is 3. The van der Waals surface area contributed by atoms with Crippen molar-refractivity contribution in [3.63, 3.8) is 0 Å². The Hall–Kier alpha value is -1.60. The summed E-state index contributed by atoms with van der Waals surface area (Å²) in [7, 11) is 1.46. The van der Waals surface area contributed by atoms with Gasteiger partial charge in [-0.2, -0.15) is 8.78 Å². The molecule has 1 amide bonds. The van der Waals surface area contributed by atoms with E-state index in [1.807, 2.05) is 0 Å². The Morgan fingerprint density at radius 2 is 2.10 bits per heavy atom. The molecule has 1 aromatic rings. The van der Waals surface area contributed by atoms with Crippen LogP contribution in [0.4, 0.5) is 8.78 Å². The molecule has 8 heteroatoms. The van der Waals surface area contributed by atoms with Gasteiger partial charge >= 0.3 is 6.61 Å². The Balaban J connectivity index is 0.00000400. The van der Waals surface area contributed by atoms with E-state index in [0.29, 0.717) is 11.3 Å². The molecular formula is C13H19ClF2N2O3. The lowest BCUT2D eigenvalue weighted by Crippen LogP contribution is -2.32. The van der Waals surface area contributed by atoms with Gasteiger partial charge in [-0.15, -0.1) is 12.4 Å². The number of hydrogen-bond donors (Lipinski definition) is 2. The summed E-state index contributed by atoms with van der Waals surface area (Å²) in [6.45, 7) is -0.981. The smallest absolute Gasteiger partial charge is 0.387 e. The van der Waals surface area contributed by atoms with Gasteiger partial charge in [0.05, 0.1) is 7.11 Å².